The lowest BCUT2D eigenvalue weighted by Gasteiger charge is -2.37. The Hall–Kier alpha value is -1.90. The zero-order valence-corrected chi connectivity index (χ0v) is 18.6. The number of sulfonamides is 2. The Morgan fingerprint density at radius 3 is 1.90 bits per heavy atom. The molecule has 2 aromatic rings. The number of aryl methyl sites for hydroxylation is 1. The molecule has 0 spiro atoms. The summed E-state index contributed by atoms with van der Waals surface area (Å²) >= 11 is 0. The maximum atomic E-state index is 13.1. The summed E-state index contributed by atoms with van der Waals surface area (Å²) in [6, 6.07) is 12.5. The average molecular weight is 437 g/mol. The van der Waals surface area contributed by atoms with E-state index in [2.05, 4.69) is 4.72 Å². The number of piperidine rings is 1. The molecule has 0 bridgehead atoms. The Bertz CT molecular complexity index is 1040. The van der Waals surface area contributed by atoms with E-state index in [0.717, 1.165) is 31.2 Å². The van der Waals surface area contributed by atoms with Gasteiger partial charge in [0.1, 0.15) is 0 Å². The van der Waals surface area contributed by atoms with Gasteiger partial charge >= 0.3 is 0 Å². The van der Waals surface area contributed by atoms with Crippen molar-refractivity contribution < 1.29 is 16.8 Å². The van der Waals surface area contributed by atoms with E-state index < -0.39 is 20.0 Å². The third-order valence-electron chi connectivity index (χ3n) is 5.44. The van der Waals surface area contributed by atoms with Crippen LogP contribution in [0.2, 0.25) is 0 Å². The number of benzene rings is 2. The predicted octanol–water partition coefficient (Wildman–Crippen LogP) is 4.00. The van der Waals surface area contributed by atoms with Crippen molar-refractivity contribution in [3.05, 3.63) is 54.1 Å². The van der Waals surface area contributed by atoms with E-state index in [1.54, 1.807) is 28.6 Å². The monoisotopic (exact) mass is 436 g/mol. The molecule has 2 atom stereocenters. The quantitative estimate of drug-likeness (QED) is 0.742. The Balaban J connectivity index is 1.80. The summed E-state index contributed by atoms with van der Waals surface area (Å²) in [4.78, 5) is 0.343. The van der Waals surface area contributed by atoms with Gasteiger partial charge in [-0.3, -0.25) is 4.72 Å². The van der Waals surface area contributed by atoms with Gasteiger partial charge < -0.3 is 0 Å². The second-order valence-corrected chi connectivity index (χ2v) is 11.1. The normalized spacial score (nSPS) is 21.1. The largest absolute Gasteiger partial charge is 0.280 e. The van der Waals surface area contributed by atoms with Crippen LogP contribution in [0.25, 0.3) is 0 Å². The van der Waals surface area contributed by atoms with E-state index in [9.17, 15) is 16.8 Å². The molecule has 0 saturated carbocycles. The second-order valence-electron chi connectivity index (χ2n) is 7.59. The molecule has 29 heavy (non-hydrogen) atoms. The van der Waals surface area contributed by atoms with Crippen molar-refractivity contribution >= 4 is 25.7 Å². The van der Waals surface area contributed by atoms with Gasteiger partial charge in [-0.25, -0.2) is 16.8 Å². The molecule has 0 aromatic heterocycles. The van der Waals surface area contributed by atoms with Crippen LogP contribution in [0, 0.1) is 0 Å². The summed E-state index contributed by atoms with van der Waals surface area (Å²) in [6.07, 6.45) is 3.54. The van der Waals surface area contributed by atoms with E-state index in [1.807, 2.05) is 20.8 Å². The fraction of sp³-hybridized carbons (Fsp3) is 0.429. The van der Waals surface area contributed by atoms with Crippen molar-refractivity contribution in [3.63, 3.8) is 0 Å². The van der Waals surface area contributed by atoms with Gasteiger partial charge in [-0.2, -0.15) is 4.31 Å². The highest BCUT2D eigenvalue weighted by Gasteiger charge is 2.35. The Morgan fingerprint density at radius 1 is 0.862 bits per heavy atom. The van der Waals surface area contributed by atoms with Gasteiger partial charge in [-0.05, 0) is 75.1 Å². The minimum atomic E-state index is -3.73. The van der Waals surface area contributed by atoms with Crippen molar-refractivity contribution in [2.75, 3.05) is 4.72 Å². The van der Waals surface area contributed by atoms with E-state index in [0.29, 0.717) is 5.69 Å². The second kappa shape index (κ2) is 8.45. The first kappa shape index (κ1) is 21.8. The minimum absolute atomic E-state index is 0.0481. The lowest BCUT2D eigenvalue weighted by molar-refractivity contribution is 0.204. The van der Waals surface area contributed by atoms with E-state index in [1.165, 1.54) is 24.3 Å². The number of hydrogen-bond acceptors (Lipinski definition) is 4. The molecule has 2 aromatic carbocycles. The van der Waals surface area contributed by atoms with Crippen molar-refractivity contribution in [2.24, 2.45) is 0 Å². The highest BCUT2D eigenvalue weighted by atomic mass is 32.2. The van der Waals surface area contributed by atoms with Crippen LogP contribution in [-0.2, 0) is 26.5 Å². The standard InChI is InChI=1S/C21H28N2O4S2/c1-4-18-8-12-20(13-9-18)28(24,25)22-19-10-14-21(15-11-19)29(26,27)23-16(2)6-5-7-17(23)3/h8-17,22H,4-7H2,1-3H3. The summed E-state index contributed by atoms with van der Waals surface area (Å²) in [5.41, 5.74) is 1.38. The highest BCUT2D eigenvalue weighted by Crippen LogP contribution is 2.30. The van der Waals surface area contributed by atoms with E-state index >= 15 is 0 Å². The number of rotatable bonds is 6. The van der Waals surface area contributed by atoms with Crippen LogP contribution in [0.4, 0.5) is 5.69 Å². The molecule has 1 saturated heterocycles. The summed E-state index contributed by atoms with van der Waals surface area (Å²) in [5, 5.41) is 0. The molecule has 1 heterocycles. The number of nitrogens with one attached hydrogen (secondary N) is 1. The number of anilines is 1. The molecular formula is C21H28N2O4S2. The molecule has 3 rings (SSSR count). The minimum Gasteiger partial charge on any atom is -0.280 e. The molecular weight excluding hydrogens is 408 g/mol. The fourth-order valence-corrected chi connectivity index (χ4v) is 6.75. The summed E-state index contributed by atoms with van der Waals surface area (Å²) in [7, 11) is -7.36. The molecule has 1 N–H and O–H groups in total. The topological polar surface area (TPSA) is 83.5 Å². The first-order valence-corrected chi connectivity index (χ1v) is 12.8. The van der Waals surface area contributed by atoms with Crippen LogP contribution in [0.15, 0.2) is 58.3 Å². The molecule has 0 amide bonds. The number of nitrogens with zero attached hydrogens (tertiary/aromatic N) is 1. The van der Waals surface area contributed by atoms with Crippen molar-refractivity contribution in [3.8, 4) is 0 Å². The average Bonchev–Trinajstić information content (AvgIpc) is 2.68. The predicted molar refractivity (Wildman–Crippen MR) is 115 cm³/mol. The Kier molecular flexibility index (Phi) is 6.36. The Labute approximate surface area is 174 Å². The summed E-state index contributed by atoms with van der Waals surface area (Å²) in [6.45, 7) is 5.86. The van der Waals surface area contributed by atoms with Gasteiger partial charge in [0.05, 0.1) is 9.79 Å². The van der Waals surface area contributed by atoms with Gasteiger partial charge in [0.25, 0.3) is 10.0 Å². The zero-order chi connectivity index (χ0) is 21.2. The van der Waals surface area contributed by atoms with Crippen LogP contribution in [-0.4, -0.2) is 33.2 Å². The smallest absolute Gasteiger partial charge is 0.261 e. The first-order chi connectivity index (χ1) is 13.6. The maximum Gasteiger partial charge on any atom is 0.261 e. The SMILES string of the molecule is CCc1ccc(S(=O)(=O)Nc2ccc(S(=O)(=O)N3C(C)CCCC3C)cc2)cc1. The molecule has 6 nitrogen and oxygen atoms in total. The number of hydrogen-bond donors (Lipinski definition) is 1. The first-order valence-electron chi connectivity index (χ1n) is 9.90. The highest BCUT2D eigenvalue weighted by molar-refractivity contribution is 7.92. The van der Waals surface area contributed by atoms with Gasteiger partial charge in [0.2, 0.25) is 10.0 Å². The van der Waals surface area contributed by atoms with Gasteiger partial charge in [0.15, 0.2) is 0 Å². The zero-order valence-electron chi connectivity index (χ0n) is 17.0. The van der Waals surface area contributed by atoms with Gasteiger partial charge in [0, 0.05) is 17.8 Å². The van der Waals surface area contributed by atoms with Gasteiger partial charge in [-0.1, -0.05) is 25.5 Å². The molecule has 0 radical (unpaired) electrons. The molecule has 1 aliphatic rings. The van der Waals surface area contributed by atoms with Crippen LogP contribution in [0.3, 0.4) is 0 Å². The molecule has 0 aliphatic carbocycles. The third-order valence-corrected chi connectivity index (χ3v) is 8.98. The lowest BCUT2D eigenvalue weighted by Crippen LogP contribution is -2.47. The van der Waals surface area contributed by atoms with Gasteiger partial charge in [-0.15, -0.1) is 0 Å². The molecule has 1 aliphatic heterocycles. The lowest BCUT2D eigenvalue weighted by atomic mass is 10.0. The Morgan fingerprint density at radius 2 is 1.38 bits per heavy atom. The van der Waals surface area contributed by atoms with E-state index in [4.69, 9.17) is 0 Å². The maximum absolute atomic E-state index is 13.1. The summed E-state index contributed by atoms with van der Waals surface area (Å²) in [5.74, 6) is 0. The van der Waals surface area contributed by atoms with Crippen LogP contribution >= 0.6 is 0 Å². The molecule has 1 fully saturated rings. The van der Waals surface area contributed by atoms with Crippen molar-refractivity contribution in [1.82, 2.24) is 4.31 Å². The molecule has 158 valence electrons. The van der Waals surface area contributed by atoms with Crippen LogP contribution in [0.1, 0.15) is 45.6 Å². The van der Waals surface area contributed by atoms with Crippen molar-refractivity contribution in [1.29, 1.82) is 0 Å². The third kappa shape index (κ3) is 4.65. The van der Waals surface area contributed by atoms with Crippen LogP contribution < -0.4 is 4.72 Å². The fourth-order valence-electron chi connectivity index (χ4n) is 3.81. The van der Waals surface area contributed by atoms with E-state index in [-0.39, 0.29) is 21.9 Å². The summed E-state index contributed by atoms with van der Waals surface area (Å²) < 4.78 is 55.4. The van der Waals surface area contributed by atoms with Crippen molar-refractivity contribution in [2.45, 2.75) is 68.3 Å². The van der Waals surface area contributed by atoms with Crippen LogP contribution in [0.5, 0.6) is 0 Å². The molecule has 2 unspecified atom stereocenters. The molecule has 8 heteroatoms.